The van der Waals surface area contributed by atoms with E-state index in [1.54, 1.807) is 0 Å². The summed E-state index contributed by atoms with van der Waals surface area (Å²) in [5.41, 5.74) is 0.0570. The smallest absolute Gasteiger partial charge is 0.307 e. The second kappa shape index (κ2) is 5.49. The normalized spacial score (nSPS) is 27.7. The zero-order chi connectivity index (χ0) is 14.8. The van der Waals surface area contributed by atoms with Crippen LogP contribution in [0, 0.1) is 11.3 Å². The molecule has 0 spiro atoms. The molecule has 0 amide bonds. The van der Waals surface area contributed by atoms with Crippen molar-refractivity contribution in [1.29, 1.82) is 0 Å². The van der Waals surface area contributed by atoms with E-state index >= 15 is 0 Å². The highest BCUT2D eigenvalue weighted by Gasteiger charge is 2.48. The van der Waals surface area contributed by atoms with Crippen molar-refractivity contribution in [1.82, 2.24) is 0 Å². The maximum Gasteiger partial charge on any atom is 0.307 e. The van der Waals surface area contributed by atoms with E-state index in [4.69, 9.17) is 9.84 Å². The van der Waals surface area contributed by atoms with Crippen LogP contribution in [0.25, 0.3) is 0 Å². The van der Waals surface area contributed by atoms with Crippen LogP contribution < -0.4 is 0 Å². The number of esters is 1. The van der Waals surface area contributed by atoms with Gasteiger partial charge in [0.15, 0.2) is 6.10 Å². The summed E-state index contributed by atoms with van der Waals surface area (Å²) < 4.78 is 5.93. The lowest BCUT2D eigenvalue weighted by Gasteiger charge is -2.28. The number of ether oxygens (including phenoxy) is 1. The Labute approximate surface area is 115 Å². The Morgan fingerprint density at radius 1 is 1.42 bits per heavy atom. The lowest BCUT2D eigenvalue weighted by atomic mass is 10.0. The van der Waals surface area contributed by atoms with E-state index in [1.807, 2.05) is 21.1 Å². The van der Waals surface area contributed by atoms with Gasteiger partial charge in [0, 0.05) is 0 Å². The molecule has 0 radical (unpaired) electrons. The number of carbonyl (C=O) groups is 2. The van der Waals surface area contributed by atoms with E-state index in [-0.39, 0.29) is 17.8 Å². The molecule has 1 rings (SSSR count). The third kappa shape index (κ3) is 5.59. The van der Waals surface area contributed by atoms with Crippen molar-refractivity contribution in [2.75, 3.05) is 27.7 Å². The van der Waals surface area contributed by atoms with Crippen LogP contribution in [0.15, 0.2) is 0 Å². The predicted molar refractivity (Wildman–Crippen MR) is 71.5 cm³/mol. The number of carboxylic acids is 1. The second-order valence-electron chi connectivity index (χ2n) is 7.12. The molecule has 5 heteroatoms. The molecule has 0 aromatic heterocycles. The van der Waals surface area contributed by atoms with Gasteiger partial charge >= 0.3 is 11.9 Å². The number of aliphatic carboxylic acids is 1. The number of carbonyl (C=O) groups excluding carboxylic acids is 1. The highest BCUT2D eigenvalue weighted by Crippen LogP contribution is 2.54. The van der Waals surface area contributed by atoms with Crippen molar-refractivity contribution in [3.63, 3.8) is 0 Å². The maximum atomic E-state index is 11.9. The third-order valence-corrected chi connectivity index (χ3v) is 3.80. The summed E-state index contributed by atoms with van der Waals surface area (Å²) in [4.78, 5) is 22.7. The Balaban J connectivity index is 2.51. The molecule has 0 aliphatic heterocycles. The largest absolute Gasteiger partial charge is 0.481 e. The average molecular weight is 272 g/mol. The van der Waals surface area contributed by atoms with Gasteiger partial charge in [0.05, 0.1) is 34.0 Å². The topological polar surface area (TPSA) is 63.6 Å². The van der Waals surface area contributed by atoms with E-state index in [9.17, 15) is 9.59 Å². The minimum atomic E-state index is -0.933. The summed E-state index contributed by atoms with van der Waals surface area (Å²) >= 11 is 0. The van der Waals surface area contributed by atoms with Crippen LogP contribution in [-0.2, 0) is 14.3 Å². The summed E-state index contributed by atoms with van der Waals surface area (Å²) in [5.74, 6) is -0.653. The number of quaternary nitrogens is 1. The van der Waals surface area contributed by atoms with Crippen molar-refractivity contribution in [2.24, 2.45) is 11.3 Å². The van der Waals surface area contributed by atoms with E-state index in [0.29, 0.717) is 23.4 Å². The molecule has 1 saturated carbocycles. The molecule has 1 fully saturated rings. The van der Waals surface area contributed by atoms with Crippen LogP contribution in [-0.4, -0.2) is 55.3 Å². The number of hydrogen-bond acceptors (Lipinski definition) is 3. The van der Waals surface area contributed by atoms with Gasteiger partial charge in [-0.25, -0.2) is 0 Å². The maximum absolute atomic E-state index is 11.9. The first kappa shape index (κ1) is 16.0. The van der Waals surface area contributed by atoms with Gasteiger partial charge in [0.2, 0.25) is 0 Å². The quantitative estimate of drug-likeness (QED) is 0.564. The summed E-state index contributed by atoms with van der Waals surface area (Å²) in [6, 6.07) is 0. The van der Waals surface area contributed by atoms with Gasteiger partial charge in [-0.2, -0.15) is 0 Å². The average Bonchev–Trinajstić information content (AvgIpc) is 2.67. The van der Waals surface area contributed by atoms with Crippen molar-refractivity contribution < 1.29 is 23.9 Å². The van der Waals surface area contributed by atoms with Crippen molar-refractivity contribution in [3.05, 3.63) is 0 Å². The van der Waals surface area contributed by atoms with Gasteiger partial charge in [-0.05, 0) is 17.8 Å². The van der Waals surface area contributed by atoms with Gasteiger partial charge in [-0.3, -0.25) is 9.59 Å². The first-order valence-corrected chi connectivity index (χ1v) is 6.73. The molecule has 110 valence electrons. The molecule has 0 aromatic rings. The summed E-state index contributed by atoms with van der Waals surface area (Å²) in [5, 5.41) is 8.88. The molecular weight excluding hydrogens is 246 g/mol. The summed E-state index contributed by atoms with van der Waals surface area (Å²) in [6.07, 6.45) is 0.748. The number of hydrogen-bond donors (Lipinski definition) is 1. The fourth-order valence-electron chi connectivity index (χ4n) is 2.39. The minimum absolute atomic E-state index is 0.0570. The van der Waals surface area contributed by atoms with E-state index in [1.165, 1.54) is 0 Å². The summed E-state index contributed by atoms with van der Waals surface area (Å²) in [6.45, 7) is 4.70. The molecule has 5 nitrogen and oxygen atoms in total. The van der Waals surface area contributed by atoms with Gasteiger partial charge in [-0.15, -0.1) is 0 Å². The Morgan fingerprint density at radius 2 is 1.95 bits per heavy atom. The van der Waals surface area contributed by atoms with Gasteiger partial charge in [0.1, 0.15) is 6.54 Å². The Kier molecular flexibility index (Phi) is 4.61. The van der Waals surface area contributed by atoms with Crippen LogP contribution in [0.5, 0.6) is 0 Å². The number of rotatable bonds is 7. The molecule has 0 saturated heterocycles. The van der Waals surface area contributed by atoms with Gasteiger partial charge < -0.3 is 14.3 Å². The molecule has 1 aliphatic carbocycles. The number of likely N-dealkylation sites (N-methyl/N-ethyl adjacent to an activating group) is 1. The predicted octanol–water partition coefficient (Wildman–Crippen LogP) is 1.52. The lowest BCUT2D eigenvalue weighted by Crippen LogP contribution is -2.44. The number of carboxylic acid groups (broad SMARTS) is 1. The van der Waals surface area contributed by atoms with Gasteiger partial charge in [0.25, 0.3) is 0 Å². The van der Waals surface area contributed by atoms with Crippen LogP contribution in [0.1, 0.15) is 33.1 Å². The molecule has 0 aromatic carbocycles. The molecular formula is C14H26NO4+. The molecule has 19 heavy (non-hydrogen) atoms. The first-order valence-electron chi connectivity index (χ1n) is 6.73. The van der Waals surface area contributed by atoms with Crippen LogP contribution in [0.3, 0.4) is 0 Å². The molecule has 1 aliphatic rings. The zero-order valence-electron chi connectivity index (χ0n) is 12.6. The highest BCUT2D eigenvalue weighted by molar-refractivity contribution is 5.72. The van der Waals surface area contributed by atoms with E-state index in [2.05, 4.69) is 13.8 Å². The van der Waals surface area contributed by atoms with Crippen molar-refractivity contribution in [2.45, 2.75) is 39.2 Å². The summed E-state index contributed by atoms with van der Waals surface area (Å²) in [7, 11) is 5.85. The molecule has 0 bridgehead atoms. The van der Waals surface area contributed by atoms with Crippen molar-refractivity contribution >= 4 is 11.9 Å². The Bertz CT molecular complexity index is 361. The Morgan fingerprint density at radius 3 is 2.32 bits per heavy atom. The zero-order valence-corrected chi connectivity index (χ0v) is 12.6. The van der Waals surface area contributed by atoms with Crippen LogP contribution in [0.4, 0.5) is 0 Å². The molecule has 3 unspecified atom stereocenters. The van der Waals surface area contributed by atoms with Gasteiger partial charge in [-0.1, -0.05) is 13.8 Å². The van der Waals surface area contributed by atoms with E-state index in [0.717, 1.165) is 6.42 Å². The monoisotopic (exact) mass is 272 g/mol. The van der Waals surface area contributed by atoms with Crippen molar-refractivity contribution in [3.8, 4) is 0 Å². The first-order chi connectivity index (χ1) is 8.52. The minimum Gasteiger partial charge on any atom is -0.481 e. The second-order valence-corrected chi connectivity index (χ2v) is 7.12. The standard InChI is InChI=1S/C14H25NO4/c1-10-7-14(10,2)8-13(18)19-11(6-12(16)17)9-15(3,4)5/h10-11H,6-9H2,1-5H3/p+1. The van der Waals surface area contributed by atoms with E-state index < -0.39 is 12.1 Å². The number of nitrogens with zero attached hydrogens (tertiary/aromatic N) is 1. The highest BCUT2D eigenvalue weighted by atomic mass is 16.5. The Hall–Kier alpha value is -1.10. The molecule has 1 N–H and O–H groups in total. The van der Waals surface area contributed by atoms with Crippen LogP contribution >= 0.6 is 0 Å². The lowest BCUT2D eigenvalue weighted by molar-refractivity contribution is -0.873. The SMILES string of the molecule is CC1CC1(C)CC(=O)OC(CC(=O)O)C[N+](C)(C)C. The van der Waals surface area contributed by atoms with Crippen LogP contribution in [0.2, 0.25) is 0 Å². The fourth-order valence-corrected chi connectivity index (χ4v) is 2.39. The molecule has 3 atom stereocenters. The molecule has 0 heterocycles. The third-order valence-electron chi connectivity index (χ3n) is 3.80. The fraction of sp³-hybridized carbons (Fsp3) is 0.857.